The highest BCUT2D eigenvalue weighted by Crippen LogP contribution is 2.37. The summed E-state index contributed by atoms with van der Waals surface area (Å²) in [6.45, 7) is 0.659. The highest BCUT2D eigenvalue weighted by molar-refractivity contribution is 5.85. The minimum absolute atomic E-state index is 0. The molecule has 1 fully saturated rings. The molecule has 132 valence electrons. The first kappa shape index (κ1) is 17.4. The molecule has 8 heteroatoms. The predicted molar refractivity (Wildman–Crippen MR) is 94.6 cm³/mol. The zero-order chi connectivity index (χ0) is 16.6. The Labute approximate surface area is 151 Å². The van der Waals surface area contributed by atoms with Crippen LogP contribution in [0.1, 0.15) is 30.7 Å². The largest absolute Gasteiger partial charge is 0.497 e. The van der Waals surface area contributed by atoms with Gasteiger partial charge in [-0.05, 0) is 37.0 Å². The Morgan fingerprint density at radius 3 is 2.68 bits per heavy atom. The zero-order valence-electron chi connectivity index (χ0n) is 13.9. The minimum Gasteiger partial charge on any atom is -0.497 e. The molecule has 2 aromatic heterocycles. The lowest BCUT2D eigenvalue weighted by Crippen LogP contribution is -2.44. The highest BCUT2D eigenvalue weighted by Gasteiger charge is 2.39. The molecule has 1 aliphatic carbocycles. The van der Waals surface area contributed by atoms with E-state index in [4.69, 9.17) is 15.0 Å². The number of aromatic nitrogens is 4. The first-order chi connectivity index (χ1) is 11.7. The van der Waals surface area contributed by atoms with Gasteiger partial charge in [-0.15, -0.1) is 12.4 Å². The molecule has 0 bridgehead atoms. The lowest BCUT2D eigenvalue weighted by molar-refractivity contribution is 0.229. The van der Waals surface area contributed by atoms with E-state index in [2.05, 4.69) is 15.2 Å². The molecule has 0 aliphatic heterocycles. The Morgan fingerprint density at radius 2 is 2.04 bits per heavy atom. The van der Waals surface area contributed by atoms with Gasteiger partial charge >= 0.3 is 0 Å². The first-order valence-corrected chi connectivity index (χ1v) is 7.95. The van der Waals surface area contributed by atoms with Gasteiger partial charge in [-0.3, -0.25) is 4.68 Å². The van der Waals surface area contributed by atoms with E-state index in [1.165, 1.54) is 0 Å². The van der Waals surface area contributed by atoms with Gasteiger partial charge in [0.15, 0.2) is 5.82 Å². The van der Waals surface area contributed by atoms with Crippen molar-refractivity contribution in [3.05, 3.63) is 48.0 Å². The van der Waals surface area contributed by atoms with Crippen LogP contribution in [0.3, 0.4) is 0 Å². The molecule has 2 N–H and O–H groups in total. The average Bonchev–Trinajstić information content (AvgIpc) is 3.22. The van der Waals surface area contributed by atoms with E-state index >= 15 is 0 Å². The smallest absolute Gasteiger partial charge is 0.261 e. The Morgan fingerprint density at radius 1 is 1.28 bits per heavy atom. The summed E-state index contributed by atoms with van der Waals surface area (Å²) < 4.78 is 12.4. The van der Waals surface area contributed by atoms with Crippen LogP contribution in [0.5, 0.6) is 5.75 Å². The normalized spacial score (nSPS) is 15.3. The van der Waals surface area contributed by atoms with Gasteiger partial charge in [0.25, 0.3) is 5.89 Å². The van der Waals surface area contributed by atoms with E-state index in [1.807, 2.05) is 35.1 Å². The van der Waals surface area contributed by atoms with Crippen LogP contribution in [0.4, 0.5) is 0 Å². The van der Waals surface area contributed by atoms with E-state index in [0.717, 1.165) is 36.1 Å². The number of ether oxygens (including phenoxy) is 1. The molecule has 1 saturated carbocycles. The molecule has 4 rings (SSSR count). The van der Waals surface area contributed by atoms with Gasteiger partial charge in [-0.25, -0.2) is 0 Å². The molecule has 0 amide bonds. The van der Waals surface area contributed by atoms with Crippen molar-refractivity contribution in [1.82, 2.24) is 19.9 Å². The van der Waals surface area contributed by atoms with Crippen LogP contribution < -0.4 is 10.5 Å². The zero-order valence-corrected chi connectivity index (χ0v) is 14.7. The number of nitrogens with zero attached hydrogens (tertiary/aromatic N) is 4. The summed E-state index contributed by atoms with van der Waals surface area (Å²) in [5.41, 5.74) is 7.74. The summed E-state index contributed by atoms with van der Waals surface area (Å²) in [4.78, 5) is 4.44. The van der Waals surface area contributed by atoms with Gasteiger partial charge in [0, 0.05) is 6.20 Å². The van der Waals surface area contributed by atoms with E-state index in [1.54, 1.807) is 13.3 Å². The van der Waals surface area contributed by atoms with Crippen LogP contribution in [0.2, 0.25) is 0 Å². The van der Waals surface area contributed by atoms with Gasteiger partial charge < -0.3 is 15.0 Å². The summed E-state index contributed by atoms with van der Waals surface area (Å²) in [5.74, 6) is 1.89. The quantitative estimate of drug-likeness (QED) is 0.751. The Hall–Kier alpha value is -2.38. The van der Waals surface area contributed by atoms with E-state index < -0.39 is 5.54 Å². The van der Waals surface area contributed by atoms with Crippen LogP contribution in [-0.2, 0) is 12.1 Å². The van der Waals surface area contributed by atoms with Gasteiger partial charge in [0.05, 0.1) is 31.0 Å². The fraction of sp³-hybridized carbons (Fsp3) is 0.353. The number of benzene rings is 1. The average molecular weight is 362 g/mol. The second-order valence-electron chi connectivity index (χ2n) is 6.21. The van der Waals surface area contributed by atoms with Crippen molar-refractivity contribution < 1.29 is 9.26 Å². The van der Waals surface area contributed by atoms with Crippen LogP contribution in [0.15, 0.2) is 41.2 Å². The SMILES string of the molecule is COc1ccc(Cn2cc(-c3nc(C4(N)CCC4)no3)cn2)cc1.Cl. The Bertz CT molecular complexity index is 839. The third-order valence-electron chi connectivity index (χ3n) is 4.50. The highest BCUT2D eigenvalue weighted by atomic mass is 35.5. The molecule has 0 unspecified atom stereocenters. The second kappa shape index (κ2) is 6.85. The van der Waals surface area contributed by atoms with Gasteiger partial charge in [0.1, 0.15) is 5.75 Å². The minimum atomic E-state index is -0.416. The summed E-state index contributed by atoms with van der Waals surface area (Å²) in [7, 11) is 1.66. The van der Waals surface area contributed by atoms with E-state index in [0.29, 0.717) is 18.3 Å². The monoisotopic (exact) mass is 361 g/mol. The van der Waals surface area contributed by atoms with Crippen LogP contribution in [0, 0.1) is 0 Å². The third kappa shape index (κ3) is 3.38. The van der Waals surface area contributed by atoms with Crippen LogP contribution >= 0.6 is 12.4 Å². The second-order valence-corrected chi connectivity index (χ2v) is 6.21. The lowest BCUT2D eigenvalue weighted by atomic mass is 9.77. The van der Waals surface area contributed by atoms with Crippen molar-refractivity contribution in [3.63, 3.8) is 0 Å². The molecule has 7 nitrogen and oxygen atoms in total. The lowest BCUT2D eigenvalue weighted by Gasteiger charge is -2.34. The summed E-state index contributed by atoms with van der Waals surface area (Å²) >= 11 is 0. The molecule has 0 radical (unpaired) electrons. The topological polar surface area (TPSA) is 92.0 Å². The Kier molecular flexibility index (Phi) is 4.78. The van der Waals surface area contributed by atoms with Crippen molar-refractivity contribution in [2.45, 2.75) is 31.3 Å². The molecule has 1 aromatic carbocycles. The molecular weight excluding hydrogens is 342 g/mol. The molecule has 0 spiro atoms. The molecule has 2 heterocycles. The Balaban J connectivity index is 0.00000182. The van der Waals surface area contributed by atoms with Crippen LogP contribution in [-0.4, -0.2) is 27.0 Å². The number of hydrogen-bond donors (Lipinski definition) is 1. The maximum Gasteiger partial charge on any atom is 0.261 e. The third-order valence-corrected chi connectivity index (χ3v) is 4.50. The fourth-order valence-corrected chi connectivity index (χ4v) is 2.80. The molecular formula is C17H20ClN5O2. The standard InChI is InChI=1S/C17H19N5O2.ClH/c1-23-14-5-3-12(4-6-14)10-22-11-13(9-19-22)15-20-16(21-24-15)17(18)7-2-8-17;/h3-6,9,11H,2,7-8,10,18H2,1H3;1H. The number of halogens is 1. The molecule has 3 aromatic rings. The number of hydrogen-bond acceptors (Lipinski definition) is 6. The van der Waals surface area contributed by atoms with Crippen molar-refractivity contribution in [3.8, 4) is 17.2 Å². The van der Waals surface area contributed by atoms with Crippen LogP contribution in [0.25, 0.3) is 11.5 Å². The fourth-order valence-electron chi connectivity index (χ4n) is 2.80. The molecule has 1 aliphatic rings. The van der Waals surface area contributed by atoms with Crippen molar-refractivity contribution >= 4 is 12.4 Å². The first-order valence-electron chi connectivity index (χ1n) is 7.95. The van der Waals surface area contributed by atoms with Gasteiger partial charge in [-0.1, -0.05) is 17.3 Å². The predicted octanol–water partition coefficient (Wildman–Crippen LogP) is 2.75. The number of methoxy groups -OCH3 is 1. The van der Waals surface area contributed by atoms with Gasteiger partial charge in [0.2, 0.25) is 0 Å². The molecule has 25 heavy (non-hydrogen) atoms. The number of rotatable bonds is 5. The van der Waals surface area contributed by atoms with Crippen molar-refractivity contribution in [2.24, 2.45) is 5.73 Å². The summed E-state index contributed by atoms with van der Waals surface area (Å²) in [6, 6.07) is 7.90. The summed E-state index contributed by atoms with van der Waals surface area (Å²) in [6.07, 6.45) is 6.54. The van der Waals surface area contributed by atoms with Crippen molar-refractivity contribution in [2.75, 3.05) is 7.11 Å². The summed E-state index contributed by atoms with van der Waals surface area (Å²) in [5, 5.41) is 8.40. The van der Waals surface area contributed by atoms with Gasteiger partial charge in [-0.2, -0.15) is 10.1 Å². The van der Waals surface area contributed by atoms with Crippen molar-refractivity contribution in [1.29, 1.82) is 0 Å². The van der Waals surface area contributed by atoms with E-state index in [-0.39, 0.29) is 12.4 Å². The maximum atomic E-state index is 6.23. The maximum absolute atomic E-state index is 6.23. The number of nitrogens with two attached hydrogens (primary N) is 1. The molecule has 0 saturated heterocycles. The van der Waals surface area contributed by atoms with E-state index in [9.17, 15) is 0 Å². The molecule has 0 atom stereocenters.